The summed E-state index contributed by atoms with van der Waals surface area (Å²) >= 11 is 0. The molecule has 1 unspecified atom stereocenters. The fourth-order valence-electron chi connectivity index (χ4n) is 2.07. The minimum Gasteiger partial charge on any atom is -0.409 e. The summed E-state index contributed by atoms with van der Waals surface area (Å²) in [6, 6.07) is -0.282. The maximum absolute atomic E-state index is 12.9. The normalized spacial score (nSPS) is 22.5. The van der Waals surface area contributed by atoms with Gasteiger partial charge in [-0.3, -0.25) is 4.79 Å². The SMILES string of the molecule is CC(CC(N)=NO)NC(=O)C1CCC(F)(F)CC1. The van der Waals surface area contributed by atoms with Gasteiger partial charge in [0.2, 0.25) is 11.8 Å². The summed E-state index contributed by atoms with van der Waals surface area (Å²) in [4.78, 5) is 11.8. The molecular weight excluding hydrogens is 244 g/mol. The van der Waals surface area contributed by atoms with E-state index in [0.29, 0.717) is 0 Å². The first kappa shape index (κ1) is 14.7. The predicted octanol–water partition coefficient (Wildman–Crippen LogP) is 1.45. The van der Waals surface area contributed by atoms with Crippen molar-refractivity contribution in [3.05, 3.63) is 0 Å². The van der Waals surface area contributed by atoms with Gasteiger partial charge in [-0.25, -0.2) is 8.78 Å². The molecule has 7 heteroatoms. The third-order valence-corrected chi connectivity index (χ3v) is 3.12. The average Bonchev–Trinajstić information content (AvgIpc) is 2.28. The Morgan fingerprint density at radius 2 is 2.11 bits per heavy atom. The number of hydrogen-bond acceptors (Lipinski definition) is 3. The average molecular weight is 263 g/mol. The molecule has 0 aromatic carbocycles. The van der Waals surface area contributed by atoms with Gasteiger partial charge in [0.05, 0.1) is 0 Å². The van der Waals surface area contributed by atoms with Crippen LogP contribution in [0.4, 0.5) is 8.78 Å². The van der Waals surface area contributed by atoms with Gasteiger partial charge < -0.3 is 16.3 Å². The van der Waals surface area contributed by atoms with Crippen LogP contribution in [0.2, 0.25) is 0 Å². The van der Waals surface area contributed by atoms with Crippen LogP contribution in [0.3, 0.4) is 0 Å². The Bertz CT molecular complexity index is 324. The number of nitrogens with one attached hydrogen (secondary N) is 1. The molecule has 1 rings (SSSR count). The van der Waals surface area contributed by atoms with Crippen molar-refractivity contribution in [1.29, 1.82) is 0 Å². The van der Waals surface area contributed by atoms with Crippen LogP contribution in [0.25, 0.3) is 0 Å². The molecule has 1 saturated carbocycles. The van der Waals surface area contributed by atoms with Gasteiger partial charge >= 0.3 is 0 Å². The van der Waals surface area contributed by atoms with Crippen LogP contribution in [-0.4, -0.2) is 28.9 Å². The number of oxime groups is 1. The van der Waals surface area contributed by atoms with E-state index in [1.54, 1.807) is 6.92 Å². The van der Waals surface area contributed by atoms with Crippen LogP contribution in [0.15, 0.2) is 5.16 Å². The van der Waals surface area contributed by atoms with E-state index in [1.165, 1.54) is 0 Å². The summed E-state index contributed by atoms with van der Waals surface area (Å²) in [6.07, 6.45) is 0.161. The second kappa shape index (κ2) is 5.97. The number of halogens is 2. The van der Waals surface area contributed by atoms with Crippen LogP contribution >= 0.6 is 0 Å². The minimum absolute atomic E-state index is 0.0259. The summed E-state index contributed by atoms with van der Waals surface area (Å²) in [5, 5.41) is 13.9. The van der Waals surface area contributed by atoms with Gasteiger partial charge in [0.15, 0.2) is 0 Å². The Morgan fingerprint density at radius 1 is 1.56 bits per heavy atom. The van der Waals surface area contributed by atoms with Crippen molar-refractivity contribution in [3.8, 4) is 0 Å². The lowest BCUT2D eigenvalue weighted by Crippen LogP contribution is -2.41. The first-order chi connectivity index (χ1) is 8.34. The van der Waals surface area contributed by atoms with Crippen LogP contribution in [0, 0.1) is 5.92 Å². The monoisotopic (exact) mass is 263 g/mol. The molecule has 1 amide bonds. The zero-order valence-electron chi connectivity index (χ0n) is 10.3. The highest BCUT2D eigenvalue weighted by molar-refractivity contribution is 5.82. The van der Waals surface area contributed by atoms with Crippen molar-refractivity contribution in [1.82, 2.24) is 5.32 Å². The van der Waals surface area contributed by atoms with Gasteiger partial charge in [-0.15, -0.1) is 0 Å². The highest BCUT2D eigenvalue weighted by Gasteiger charge is 2.37. The molecule has 0 radical (unpaired) electrons. The minimum atomic E-state index is -2.63. The number of carbonyl (C=O) groups excluding carboxylic acids is 1. The van der Waals surface area contributed by atoms with Crippen LogP contribution in [0.1, 0.15) is 39.0 Å². The lowest BCUT2D eigenvalue weighted by molar-refractivity contribution is -0.129. The molecule has 18 heavy (non-hydrogen) atoms. The Hall–Kier alpha value is -1.40. The van der Waals surface area contributed by atoms with Crippen LogP contribution in [0.5, 0.6) is 0 Å². The number of amides is 1. The zero-order valence-corrected chi connectivity index (χ0v) is 10.3. The third-order valence-electron chi connectivity index (χ3n) is 3.12. The summed E-state index contributed by atoms with van der Waals surface area (Å²) in [6.45, 7) is 1.72. The Balaban J connectivity index is 2.37. The van der Waals surface area contributed by atoms with E-state index in [4.69, 9.17) is 10.9 Å². The molecule has 0 bridgehead atoms. The smallest absolute Gasteiger partial charge is 0.248 e. The van der Waals surface area contributed by atoms with Crippen molar-refractivity contribution in [2.45, 2.75) is 51.0 Å². The van der Waals surface area contributed by atoms with Gasteiger partial charge in [-0.05, 0) is 19.8 Å². The maximum Gasteiger partial charge on any atom is 0.248 e. The van der Waals surface area contributed by atoms with E-state index in [-0.39, 0.29) is 55.8 Å². The van der Waals surface area contributed by atoms with E-state index in [9.17, 15) is 13.6 Å². The van der Waals surface area contributed by atoms with Gasteiger partial charge in [-0.1, -0.05) is 5.16 Å². The molecule has 4 N–H and O–H groups in total. The topological polar surface area (TPSA) is 87.7 Å². The van der Waals surface area contributed by atoms with Crippen molar-refractivity contribution in [2.24, 2.45) is 16.8 Å². The molecule has 1 aliphatic rings. The molecule has 104 valence electrons. The summed E-state index contributed by atoms with van der Waals surface area (Å²) in [7, 11) is 0. The fraction of sp³-hybridized carbons (Fsp3) is 0.818. The van der Waals surface area contributed by atoms with E-state index >= 15 is 0 Å². The quantitative estimate of drug-likeness (QED) is 0.310. The van der Waals surface area contributed by atoms with Gasteiger partial charge in [-0.2, -0.15) is 0 Å². The lowest BCUT2D eigenvalue weighted by atomic mass is 9.86. The number of alkyl halides is 2. The summed E-state index contributed by atoms with van der Waals surface area (Å²) in [5.41, 5.74) is 5.31. The van der Waals surface area contributed by atoms with E-state index in [0.717, 1.165) is 0 Å². The van der Waals surface area contributed by atoms with Crippen LogP contribution < -0.4 is 11.1 Å². The van der Waals surface area contributed by atoms with E-state index < -0.39 is 5.92 Å². The number of amidine groups is 1. The molecule has 0 aromatic rings. The highest BCUT2D eigenvalue weighted by atomic mass is 19.3. The zero-order chi connectivity index (χ0) is 13.8. The molecule has 1 fully saturated rings. The summed E-state index contributed by atoms with van der Waals surface area (Å²) < 4.78 is 25.9. The molecular formula is C11H19F2N3O2. The Morgan fingerprint density at radius 3 is 2.61 bits per heavy atom. The molecule has 0 spiro atoms. The highest BCUT2D eigenvalue weighted by Crippen LogP contribution is 2.36. The number of nitrogens with two attached hydrogens (primary N) is 1. The second-order valence-corrected chi connectivity index (χ2v) is 4.84. The number of nitrogens with zero attached hydrogens (tertiary/aromatic N) is 1. The predicted molar refractivity (Wildman–Crippen MR) is 62.5 cm³/mol. The molecule has 5 nitrogen and oxygen atoms in total. The standard InChI is InChI=1S/C11H19F2N3O2/c1-7(6-9(14)16-18)15-10(17)8-2-4-11(12,13)5-3-8/h7-8,18H,2-6H2,1H3,(H2,14,16)(H,15,17). The molecule has 1 aliphatic carbocycles. The van der Waals surface area contributed by atoms with Crippen molar-refractivity contribution in [3.63, 3.8) is 0 Å². The molecule has 1 atom stereocenters. The Kier molecular flexibility index (Phi) is 4.86. The Labute approximate surface area is 104 Å². The summed E-state index contributed by atoms with van der Waals surface area (Å²) in [5.74, 6) is -3.20. The number of rotatable bonds is 4. The fourth-order valence-corrected chi connectivity index (χ4v) is 2.07. The number of hydrogen-bond donors (Lipinski definition) is 3. The van der Waals surface area contributed by atoms with Crippen LogP contribution in [-0.2, 0) is 4.79 Å². The van der Waals surface area contributed by atoms with Gasteiger partial charge in [0, 0.05) is 31.2 Å². The van der Waals surface area contributed by atoms with Gasteiger partial charge in [0.1, 0.15) is 5.84 Å². The van der Waals surface area contributed by atoms with E-state index in [2.05, 4.69) is 10.5 Å². The van der Waals surface area contributed by atoms with Crippen molar-refractivity contribution < 1.29 is 18.8 Å². The lowest BCUT2D eigenvalue weighted by Gasteiger charge is -2.28. The van der Waals surface area contributed by atoms with E-state index in [1.807, 2.05) is 0 Å². The number of carbonyl (C=O) groups is 1. The second-order valence-electron chi connectivity index (χ2n) is 4.84. The first-order valence-electron chi connectivity index (χ1n) is 5.98. The molecule has 0 aliphatic heterocycles. The third kappa shape index (κ3) is 4.46. The van der Waals surface area contributed by atoms with Crippen molar-refractivity contribution >= 4 is 11.7 Å². The maximum atomic E-state index is 12.9. The largest absolute Gasteiger partial charge is 0.409 e. The van der Waals surface area contributed by atoms with Gasteiger partial charge in [0.25, 0.3) is 0 Å². The van der Waals surface area contributed by atoms with Crippen molar-refractivity contribution in [2.75, 3.05) is 0 Å². The molecule has 0 heterocycles. The molecule has 0 saturated heterocycles. The first-order valence-corrected chi connectivity index (χ1v) is 5.98. The molecule has 0 aromatic heterocycles.